The predicted molar refractivity (Wildman–Crippen MR) is 128 cm³/mol. The summed E-state index contributed by atoms with van der Waals surface area (Å²) in [7, 11) is 0. The first kappa shape index (κ1) is 23.5. The van der Waals surface area contributed by atoms with E-state index < -0.39 is 0 Å². The van der Waals surface area contributed by atoms with Crippen LogP contribution in [0.25, 0.3) is 6.08 Å². The number of hydrogen-bond acceptors (Lipinski definition) is 7. The summed E-state index contributed by atoms with van der Waals surface area (Å²) in [5.74, 6) is 0.646. The molecule has 0 radical (unpaired) electrons. The number of morpholine rings is 1. The Kier molecular flexibility index (Phi) is 7.92. The van der Waals surface area contributed by atoms with Gasteiger partial charge in [-0.2, -0.15) is 5.26 Å². The first-order chi connectivity index (χ1) is 14.9. The highest BCUT2D eigenvalue weighted by atomic mass is 32.2. The van der Waals surface area contributed by atoms with Gasteiger partial charge in [0.15, 0.2) is 0 Å². The number of ether oxygens (including phenoxy) is 1. The summed E-state index contributed by atoms with van der Waals surface area (Å²) in [6.07, 6.45) is 4.38. The summed E-state index contributed by atoms with van der Waals surface area (Å²) in [5, 5.41) is 9.72. The average Bonchev–Trinajstić information content (AvgIpc) is 3.03. The number of thioether (sulfide) groups is 1. The van der Waals surface area contributed by atoms with Crippen LogP contribution < -0.4 is 10.5 Å². The number of unbranched alkanes of at least 4 members (excludes halogenated alkanes) is 1. The minimum Gasteiger partial charge on any atom is -0.378 e. The van der Waals surface area contributed by atoms with Gasteiger partial charge in [-0.05, 0) is 31.4 Å². The van der Waals surface area contributed by atoms with Crippen LogP contribution in [0.4, 0.5) is 5.82 Å². The van der Waals surface area contributed by atoms with Crippen LogP contribution in [0, 0.1) is 18.3 Å². The van der Waals surface area contributed by atoms with E-state index in [-0.39, 0.29) is 17.0 Å². The lowest BCUT2D eigenvalue weighted by atomic mass is 10.0. The lowest BCUT2D eigenvalue weighted by Gasteiger charge is -2.33. The standard InChI is InChI=1S/C22H28N4O3S2/c1-4-6-8-25-19(24-9-11-29-12-10-24)16(15(3)17(14-23)20(25)27)13-18-21(28)26(7-5-2)22(30)31-18/h13H,4-12H2,1-3H3/b18-13-. The van der Waals surface area contributed by atoms with Gasteiger partial charge in [0, 0.05) is 31.7 Å². The van der Waals surface area contributed by atoms with Gasteiger partial charge < -0.3 is 9.64 Å². The number of anilines is 1. The molecule has 0 spiro atoms. The third-order valence-corrected chi connectivity index (χ3v) is 6.87. The zero-order valence-electron chi connectivity index (χ0n) is 18.3. The van der Waals surface area contributed by atoms with E-state index in [0.29, 0.717) is 54.2 Å². The molecule has 0 bridgehead atoms. The number of hydrogen-bond donors (Lipinski definition) is 0. The normalized spacial score (nSPS) is 18.2. The second kappa shape index (κ2) is 10.4. The maximum Gasteiger partial charge on any atom is 0.270 e. The van der Waals surface area contributed by atoms with E-state index in [4.69, 9.17) is 17.0 Å². The number of carbonyl (C=O) groups is 1. The Labute approximate surface area is 192 Å². The monoisotopic (exact) mass is 460 g/mol. The summed E-state index contributed by atoms with van der Waals surface area (Å²) >= 11 is 6.69. The number of aromatic nitrogens is 1. The van der Waals surface area contributed by atoms with Crippen LogP contribution in [-0.2, 0) is 16.1 Å². The van der Waals surface area contributed by atoms with Gasteiger partial charge in [-0.1, -0.05) is 44.2 Å². The second-order valence-corrected chi connectivity index (χ2v) is 9.27. The molecule has 31 heavy (non-hydrogen) atoms. The lowest BCUT2D eigenvalue weighted by Crippen LogP contribution is -2.41. The molecular weight excluding hydrogens is 432 g/mol. The molecule has 9 heteroatoms. The fourth-order valence-electron chi connectivity index (χ4n) is 3.83. The van der Waals surface area contributed by atoms with E-state index in [2.05, 4.69) is 17.9 Å². The molecule has 3 heterocycles. The quantitative estimate of drug-likeness (QED) is 0.456. The molecule has 2 fully saturated rings. The Balaban J connectivity index is 2.22. The smallest absolute Gasteiger partial charge is 0.270 e. The number of nitriles is 1. The van der Waals surface area contributed by atoms with Crippen molar-refractivity contribution in [3.8, 4) is 6.07 Å². The van der Waals surface area contributed by atoms with Gasteiger partial charge in [-0.25, -0.2) is 0 Å². The minimum atomic E-state index is -0.273. The Bertz CT molecular complexity index is 1000. The molecule has 0 aromatic carbocycles. The van der Waals surface area contributed by atoms with E-state index >= 15 is 0 Å². The van der Waals surface area contributed by atoms with Crippen molar-refractivity contribution in [3.05, 3.63) is 31.9 Å². The Morgan fingerprint density at radius 3 is 2.52 bits per heavy atom. The third-order valence-electron chi connectivity index (χ3n) is 5.49. The first-order valence-electron chi connectivity index (χ1n) is 10.7. The van der Waals surface area contributed by atoms with E-state index in [1.54, 1.807) is 16.4 Å². The molecule has 1 aromatic rings. The largest absolute Gasteiger partial charge is 0.378 e. The molecule has 166 valence electrons. The summed E-state index contributed by atoms with van der Waals surface area (Å²) in [6, 6.07) is 2.09. The van der Waals surface area contributed by atoms with E-state index in [9.17, 15) is 14.9 Å². The van der Waals surface area contributed by atoms with Gasteiger partial charge in [0.2, 0.25) is 0 Å². The molecule has 1 aromatic heterocycles. The van der Waals surface area contributed by atoms with Crippen LogP contribution in [-0.4, -0.2) is 52.5 Å². The molecule has 7 nitrogen and oxygen atoms in total. The topological polar surface area (TPSA) is 78.6 Å². The molecule has 2 saturated heterocycles. The molecule has 0 aliphatic carbocycles. The molecule has 3 rings (SSSR count). The average molecular weight is 461 g/mol. The predicted octanol–water partition coefficient (Wildman–Crippen LogP) is 3.28. The van der Waals surface area contributed by atoms with Crippen molar-refractivity contribution in [2.24, 2.45) is 0 Å². The first-order valence-corrected chi connectivity index (χ1v) is 11.9. The summed E-state index contributed by atoms with van der Waals surface area (Å²) < 4.78 is 7.77. The zero-order valence-corrected chi connectivity index (χ0v) is 19.9. The molecule has 2 aliphatic heterocycles. The maximum absolute atomic E-state index is 13.2. The zero-order chi connectivity index (χ0) is 22.5. The van der Waals surface area contributed by atoms with Crippen molar-refractivity contribution in [2.45, 2.75) is 46.6 Å². The van der Waals surface area contributed by atoms with E-state index in [1.165, 1.54) is 11.8 Å². The van der Waals surface area contributed by atoms with E-state index in [0.717, 1.165) is 30.6 Å². The van der Waals surface area contributed by atoms with Crippen molar-refractivity contribution >= 4 is 46.1 Å². The van der Waals surface area contributed by atoms with Crippen LogP contribution in [0.1, 0.15) is 49.8 Å². The van der Waals surface area contributed by atoms with Crippen LogP contribution in [0.3, 0.4) is 0 Å². The Hall–Kier alpha value is -2.15. The van der Waals surface area contributed by atoms with Crippen molar-refractivity contribution in [1.82, 2.24) is 9.47 Å². The highest BCUT2D eigenvalue weighted by Crippen LogP contribution is 2.36. The van der Waals surface area contributed by atoms with Crippen LogP contribution >= 0.6 is 24.0 Å². The fraction of sp³-hybridized carbons (Fsp3) is 0.545. The summed E-state index contributed by atoms with van der Waals surface area (Å²) in [5.41, 5.74) is 1.20. The Morgan fingerprint density at radius 1 is 1.19 bits per heavy atom. The van der Waals surface area contributed by atoms with Crippen LogP contribution in [0.5, 0.6) is 0 Å². The maximum atomic E-state index is 13.2. The molecule has 1 amide bonds. The molecule has 0 atom stereocenters. The molecule has 2 aliphatic rings. The van der Waals surface area contributed by atoms with Gasteiger partial charge in [-0.3, -0.25) is 19.1 Å². The molecule has 0 saturated carbocycles. The van der Waals surface area contributed by atoms with Crippen molar-refractivity contribution in [1.29, 1.82) is 5.26 Å². The van der Waals surface area contributed by atoms with Crippen LogP contribution in [0.2, 0.25) is 0 Å². The van der Waals surface area contributed by atoms with Gasteiger partial charge >= 0.3 is 0 Å². The van der Waals surface area contributed by atoms with E-state index in [1.807, 2.05) is 13.0 Å². The van der Waals surface area contributed by atoms with Gasteiger partial charge in [-0.15, -0.1) is 0 Å². The molecular formula is C22H28N4O3S2. The van der Waals surface area contributed by atoms with Gasteiger partial charge in [0.25, 0.3) is 11.5 Å². The summed E-state index contributed by atoms with van der Waals surface area (Å²) in [6.45, 7) is 9.39. The lowest BCUT2D eigenvalue weighted by molar-refractivity contribution is -0.122. The van der Waals surface area contributed by atoms with Crippen molar-refractivity contribution in [2.75, 3.05) is 37.7 Å². The number of nitrogens with zero attached hydrogens (tertiary/aromatic N) is 4. The Morgan fingerprint density at radius 2 is 1.90 bits per heavy atom. The van der Waals surface area contributed by atoms with Gasteiger partial charge in [0.05, 0.1) is 18.1 Å². The number of pyridine rings is 1. The van der Waals surface area contributed by atoms with Crippen LogP contribution in [0.15, 0.2) is 9.70 Å². The number of amides is 1. The number of thiocarbonyl (C=S) groups is 1. The van der Waals surface area contributed by atoms with Crippen molar-refractivity contribution in [3.63, 3.8) is 0 Å². The van der Waals surface area contributed by atoms with Crippen molar-refractivity contribution < 1.29 is 9.53 Å². The fourth-order valence-corrected chi connectivity index (χ4v) is 5.12. The third kappa shape index (κ3) is 4.71. The number of rotatable bonds is 7. The minimum absolute atomic E-state index is 0.117. The highest BCUT2D eigenvalue weighted by Gasteiger charge is 2.33. The van der Waals surface area contributed by atoms with Gasteiger partial charge in [0.1, 0.15) is 21.8 Å². The molecule has 0 N–H and O–H groups in total. The number of carbonyl (C=O) groups excluding carboxylic acids is 1. The summed E-state index contributed by atoms with van der Waals surface area (Å²) in [4.78, 5) is 30.4. The SMILES string of the molecule is CCCCn1c(N2CCOCC2)c(/C=C2\SC(=S)N(CCC)C2=O)c(C)c(C#N)c1=O. The second-order valence-electron chi connectivity index (χ2n) is 7.59. The molecule has 0 unspecified atom stereocenters. The highest BCUT2D eigenvalue weighted by molar-refractivity contribution is 8.26.